The van der Waals surface area contributed by atoms with Crippen LogP contribution in [0.15, 0.2) is 24.3 Å². The summed E-state index contributed by atoms with van der Waals surface area (Å²) in [4.78, 5) is 0. The van der Waals surface area contributed by atoms with Gasteiger partial charge in [0.15, 0.2) is 0 Å². The second kappa shape index (κ2) is 5.75. The van der Waals surface area contributed by atoms with Gasteiger partial charge in [0.1, 0.15) is 0 Å². The quantitative estimate of drug-likeness (QED) is 0.660. The highest BCUT2D eigenvalue weighted by Gasteiger charge is 2.02. The number of aryl methyl sites for hydroxylation is 2. The van der Waals surface area contributed by atoms with Crippen LogP contribution in [0.25, 0.3) is 5.57 Å². The van der Waals surface area contributed by atoms with Gasteiger partial charge in [0, 0.05) is 0 Å². The highest BCUT2D eigenvalue weighted by molar-refractivity contribution is 5.67. The minimum atomic E-state index is 1.12. The zero-order chi connectivity index (χ0) is 11.3. The smallest absolute Gasteiger partial charge is 0.0198 e. The second-order valence-corrected chi connectivity index (χ2v) is 4.19. The number of hydrogen-bond donors (Lipinski definition) is 0. The number of benzene rings is 1. The molecule has 0 heteroatoms. The lowest BCUT2D eigenvalue weighted by atomic mass is 9.96. The molecule has 0 aliphatic heterocycles. The van der Waals surface area contributed by atoms with Crippen molar-refractivity contribution in [2.75, 3.05) is 0 Å². The van der Waals surface area contributed by atoms with Crippen molar-refractivity contribution in [2.45, 2.75) is 47.0 Å². The van der Waals surface area contributed by atoms with E-state index in [0.717, 1.165) is 6.42 Å². The first-order valence-corrected chi connectivity index (χ1v) is 5.95. The predicted octanol–water partition coefficient (Wildman–Crippen LogP) is 4.76. The van der Waals surface area contributed by atoms with Gasteiger partial charge in [-0.2, -0.15) is 0 Å². The van der Waals surface area contributed by atoms with Gasteiger partial charge in [-0.3, -0.25) is 0 Å². The first kappa shape index (κ1) is 12.0. The normalized spacial score (nSPS) is 11.9. The maximum atomic E-state index is 2.35. The molecule has 1 aromatic carbocycles. The van der Waals surface area contributed by atoms with Crippen LogP contribution in [0.2, 0.25) is 0 Å². The number of allylic oxidation sites excluding steroid dienone is 2. The Bertz CT molecular complexity index is 345. The van der Waals surface area contributed by atoms with Gasteiger partial charge in [-0.15, -0.1) is 0 Å². The molecule has 0 saturated carbocycles. The Kier molecular flexibility index (Phi) is 4.61. The summed E-state index contributed by atoms with van der Waals surface area (Å²) in [7, 11) is 0. The minimum Gasteiger partial charge on any atom is -0.0810 e. The Balaban J connectivity index is 3.02. The summed E-state index contributed by atoms with van der Waals surface area (Å²) in [6.45, 7) is 8.83. The summed E-state index contributed by atoms with van der Waals surface area (Å²) in [6, 6.07) is 6.77. The molecule has 0 N–H and O–H groups in total. The lowest BCUT2D eigenvalue weighted by molar-refractivity contribution is 0.958. The van der Waals surface area contributed by atoms with Crippen molar-refractivity contribution in [2.24, 2.45) is 0 Å². The summed E-state index contributed by atoms with van der Waals surface area (Å²) >= 11 is 0. The zero-order valence-corrected chi connectivity index (χ0v) is 10.4. The lowest BCUT2D eigenvalue weighted by Gasteiger charge is -2.09. The van der Waals surface area contributed by atoms with Gasteiger partial charge in [0.05, 0.1) is 0 Å². The average molecular weight is 202 g/mol. The van der Waals surface area contributed by atoms with E-state index in [1.165, 1.54) is 35.1 Å². The molecule has 1 aromatic rings. The number of rotatable bonds is 4. The van der Waals surface area contributed by atoms with Gasteiger partial charge in [-0.1, -0.05) is 50.1 Å². The maximum Gasteiger partial charge on any atom is -0.0198 e. The average Bonchev–Trinajstić information content (AvgIpc) is 2.25. The number of unbranched alkanes of at least 4 members (excludes halogenated alkanes) is 1. The second-order valence-electron chi connectivity index (χ2n) is 4.19. The van der Waals surface area contributed by atoms with Crippen molar-refractivity contribution in [3.8, 4) is 0 Å². The zero-order valence-electron chi connectivity index (χ0n) is 10.4. The van der Waals surface area contributed by atoms with Gasteiger partial charge in [0.2, 0.25) is 0 Å². The Labute approximate surface area is 94.0 Å². The fraction of sp³-hybridized carbons (Fsp3) is 0.467. The Morgan fingerprint density at radius 2 is 2.00 bits per heavy atom. The highest BCUT2D eigenvalue weighted by Crippen LogP contribution is 2.21. The van der Waals surface area contributed by atoms with E-state index in [1.807, 2.05) is 0 Å². The topological polar surface area (TPSA) is 0 Å². The fourth-order valence-electron chi connectivity index (χ4n) is 1.87. The molecule has 15 heavy (non-hydrogen) atoms. The van der Waals surface area contributed by atoms with E-state index in [2.05, 4.69) is 52.0 Å². The van der Waals surface area contributed by atoms with Crippen molar-refractivity contribution in [1.82, 2.24) is 0 Å². The van der Waals surface area contributed by atoms with Crippen LogP contribution in [-0.4, -0.2) is 0 Å². The van der Waals surface area contributed by atoms with Crippen LogP contribution in [0, 0.1) is 6.92 Å². The van der Waals surface area contributed by atoms with Gasteiger partial charge < -0.3 is 0 Å². The molecule has 0 fully saturated rings. The molecule has 0 bridgehead atoms. The first-order chi connectivity index (χ1) is 7.19. The Hall–Kier alpha value is -1.04. The molecule has 0 amide bonds. The van der Waals surface area contributed by atoms with Crippen LogP contribution < -0.4 is 0 Å². The van der Waals surface area contributed by atoms with Gasteiger partial charge in [-0.25, -0.2) is 0 Å². The van der Waals surface area contributed by atoms with Crippen LogP contribution in [-0.2, 0) is 6.42 Å². The Morgan fingerprint density at radius 1 is 1.27 bits per heavy atom. The summed E-state index contributed by atoms with van der Waals surface area (Å²) in [5, 5.41) is 0. The summed E-state index contributed by atoms with van der Waals surface area (Å²) < 4.78 is 0. The predicted molar refractivity (Wildman–Crippen MR) is 69.1 cm³/mol. The molecule has 0 radical (unpaired) electrons. The fourth-order valence-corrected chi connectivity index (χ4v) is 1.87. The highest BCUT2D eigenvalue weighted by atomic mass is 14.1. The molecule has 0 aromatic heterocycles. The van der Waals surface area contributed by atoms with Crippen LogP contribution in [0.5, 0.6) is 0 Å². The molecule has 1 rings (SSSR count). The molecule has 0 saturated heterocycles. The molecule has 0 heterocycles. The molecule has 0 nitrogen and oxygen atoms in total. The maximum absolute atomic E-state index is 2.35. The Morgan fingerprint density at radius 3 is 2.60 bits per heavy atom. The standard InChI is InChI=1S/C15H22/c1-5-7-8-13(4)15-10-9-12(3)11-14(15)6-2/h8-11H,5-7H2,1-4H3. The summed E-state index contributed by atoms with van der Waals surface area (Å²) in [5.41, 5.74) is 5.68. The molecular formula is C15H22. The largest absolute Gasteiger partial charge is 0.0810 e. The van der Waals surface area contributed by atoms with Gasteiger partial charge >= 0.3 is 0 Å². The van der Waals surface area contributed by atoms with E-state index in [4.69, 9.17) is 0 Å². The van der Waals surface area contributed by atoms with Gasteiger partial charge in [-0.05, 0) is 43.4 Å². The van der Waals surface area contributed by atoms with Crippen molar-refractivity contribution >= 4 is 5.57 Å². The SMILES string of the molecule is CCCC=C(C)c1ccc(C)cc1CC. The third kappa shape index (κ3) is 3.23. The van der Waals surface area contributed by atoms with Crippen molar-refractivity contribution in [3.05, 3.63) is 41.0 Å². The van der Waals surface area contributed by atoms with E-state index in [1.54, 1.807) is 0 Å². The van der Waals surface area contributed by atoms with Crippen molar-refractivity contribution in [3.63, 3.8) is 0 Å². The first-order valence-electron chi connectivity index (χ1n) is 5.95. The van der Waals surface area contributed by atoms with Crippen molar-refractivity contribution in [1.29, 1.82) is 0 Å². The third-order valence-corrected chi connectivity index (χ3v) is 2.81. The van der Waals surface area contributed by atoms with E-state index < -0.39 is 0 Å². The monoisotopic (exact) mass is 202 g/mol. The van der Waals surface area contributed by atoms with Crippen molar-refractivity contribution < 1.29 is 0 Å². The molecule has 0 spiro atoms. The van der Waals surface area contributed by atoms with E-state index in [0.29, 0.717) is 0 Å². The summed E-state index contributed by atoms with van der Waals surface area (Å²) in [6.07, 6.45) is 5.88. The van der Waals surface area contributed by atoms with E-state index in [-0.39, 0.29) is 0 Å². The van der Waals surface area contributed by atoms with E-state index >= 15 is 0 Å². The lowest BCUT2D eigenvalue weighted by Crippen LogP contribution is -1.91. The van der Waals surface area contributed by atoms with Crippen LogP contribution >= 0.6 is 0 Å². The van der Waals surface area contributed by atoms with Gasteiger partial charge in [0.25, 0.3) is 0 Å². The van der Waals surface area contributed by atoms with E-state index in [9.17, 15) is 0 Å². The molecule has 0 aliphatic carbocycles. The molecule has 0 atom stereocenters. The summed E-state index contributed by atoms with van der Waals surface area (Å²) in [5.74, 6) is 0. The molecular weight excluding hydrogens is 180 g/mol. The molecule has 0 unspecified atom stereocenters. The van der Waals surface area contributed by atoms with Crippen LogP contribution in [0.4, 0.5) is 0 Å². The van der Waals surface area contributed by atoms with Crippen LogP contribution in [0.3, 0.4) is 0 Å². The van der Waals surface area contributed by atoms with Crippen LogP contribution in [0.1, 0.15) is 50.3 Å². The molecule has 82 valence electrons. The minimum absolute atomic E-state index is 1.12. The third-order valence-electron chi connectivity index (χ3n) is 2.81. The molecule has 0 aliphatic rings. The number of hydrogen-bond acceptors (Lipinski definition) is 0.